The van der Waals surface area contributed by atoms with E-state index in [1.165, 1.54) is 0 Å². The molecule has 4 rings (SSSR count). The van der Waals surface area contributed by atoms with Crippen molar-refractivity contribution in [1.29, 1.82) is 0 Å². The maximum Gasteiger partial charge on any atom is 0.307 e. The Morgan fingerprint density at radius 3 is 2.00 bits per heavy atom. The van der Waals surface area contributed by atoms with Crippen LogP contribution in [0.2, 0.25) is 0 Å². The Labute approximate surface area is 130 Å². The van der Waals surface area contributed by atoms with Crippen LogP contribution in [0.3, 0.4) is 0 Å². The summed E-state index contributed by atoms with van der Waals surface area (Å²) >= 11 is 0. The van der Waals surface area contributed by atoms with Gasteiger partial charge in [0.05, 0.1) is 11.8 Å². The number of hydrogen-bond acceptors (Lipinski definition) is 2. The predicted octanol–water partition coefficient (Wildman–Crippen LogP) is 3.38. The highest BCUT2D eigenvalue weighted by Crippen LogP contribution is 2.49. The lowest BCUT2D eigenvalue weighted by atomic mass is 9.58. The Morgan fingerprint density at radius 2 is 1.50 bits per heavy atom. The molecule has 1 aromatic rings. The SMILES string of the molecule is Cc1cccc(C)c1NC(=O)[C@H]1C2CCC(CC2)[C@@H]1C(=O)O. The fraction of sp³-hybridized carbons (Fsp3) is 0.556. The van der Waals surface area contributed by atoms with E-state index in [0.717, 1.165) is 42.5 Å². The summed E-state index contributed by atoms with van der Waals surface area (Å²) in [7, 11) is 0. The van der Waals surface area contributed by atoms with E-state index in [-0.39, 0.29) is 23.7 Å². The number of aliphatic carboxylic acids is 1. The molecule has 0 radical (unpaired) electrons. The topological polar surface area (TPSA) is 66.4 Å². The maximum atomic E-state index is 12.8. The van der Waals surface area contributed by atoms with Crippen molar-refractivity contribution in [2.45, 2.75) is 39.5 Å². The number of para-hydroxylation sites is 1. The number of fused-ring (bicyclic) bond motifs is 3. The number of rotatable bonds is 3. The summed E-state index contributed by atoms with van der Waals surface area (Å²) in [5.41, 5.74) is 2.86. The third-order valence-corrected chi connectivity index (χ3v) is 5.54. The highest BCUT2D eigenvalue weighted by molar-refractivity contribution is 5.96. The molecule has 0 unspecified atom stereocenters. The van der Waals surface area contributed by atoms with Gasteiger partial charge in [-0.15, -0.1) is 0 Å². The van der Waals surface area contributed by atoms with Gasteiger partial charge in [0.1, 0.15) is 0 Å². The highest BCUT2D eigenvalue weighted by Gasteiger charge is 2.50. The van der Waals surface area contributed by atoms with Gasteiger partial charge in [-0.05, 0) is 62.5 Å². The second-order valence-corrected chi connectivity index (χ2v) is 6.82. The molecule has 22 heavy (non-hydrogen) atoms. The largest absolute Gasteiger partial charge is 0.481 e. The van der Waals surface area contributed by atoms with E-state index in [1.807, 2.05) is 32.0 Å². The molecule has 3 aliphatic rings. The molecule has 0 aromatic heterocycles. The van der Waals surface area contributed by atoms with E-state index in [0.29, 0.717) is 0 Å². The van der Waals surface area contributed by atoms with Crippen molar-refractivity contribution in [2.24, 2.45) is 23.7 Å². The first-order valence-corrected chi connectivity index (χ1v) is 8.09. The number of carboxylic acid groups (broad SMARTS) is 1. The van der Waals surface area contributed by atoms with Gasteiger partial charge >= 0.3 is 5.97 Å². The first kappa shape index (κ1) is 15.1. The second-order valence-electron chi connectivity index (χ2n) is 6.82. The molecule has 2 bridgehead atoms. The zero-order valence-electron chi connectivity index (χ0n) is 13.1. The fourth-order valence-electron chi connectivity index (χ4n) is 4.40. The quantitative estimate of drug-likeness (QED) is 0.899. The van der Waals surface area contributed by atoms with Gasteiger partial charge in [-0.2, -0.15) is 0 Å². The van der Waals surface area contributed by atoms with E-state index in [2.05, 4.69) is 5.32 Å². The molecule has 0 heterocycles. The summed E-state index contributed by atoms with van der Waals surface area (Å²) in [6.45, 7) is 3.93. The normalized spacial score (nSPS) is 30.1. The van der Waals surface area contributed by atoms with E-state index in [1.54, 1.807) is 0 Å². The van der Waals surface area contributed by atoms with Crippen molar-refractivity contribution in [1.82, 2.24) is 0 Å². The van der Waals surface area contributed by atoms with Crippen LogP contribution in [-0.4, -0.2) is 17.0 Å². The molecular formula is C18H23NO3. The number of carbonyl (C=O) groups is 2. The van der Waals surface area contributed by atoms with Crippen molar-refractivity contribution in [3.05, 3.63) is 29.3 Å². The third kappa shape index (κ3) is 2.51. The monoisotopic (exact) mass is 301 g/mol. The summed E-state index contributed by atoms with van der Waals surface area (Å²) in [6, 6.07) is 5.89. The van der Waals surface area contributed by atoms with Crippen molar-refractivity contribution < 1.29 is 14.7 Å². The Kier molecular flexibility index (Phi) is 3.94. The molecule has 0 spiro atoms. The Balaban J connectivity index is 1.86. The molecule has 0 saturated heterocycles. The molecule has 2 N–H and O–H groups in total. The van der Waals surface area contributed by atoms with Gasteiger partial charge in [0, 0.05) is 5.69 Å². The predicted molar refractivity (Wildman–Crippen MR) is 84.6 cm³/mol. The van der Waals surface area contributed by atoms with Crippen LogP contribution < -0.4 is 5.32 Å². The average Bonchev–Trinajstić information content (AvgIpc) is 2.51. The number of benzene rings is 1. The summed E-state index contributed by atoms with van der Waals surface area (Å²) in [4.78, 5) is 24.5. The molecule has 3 fully saturated rings. The molecule has 1 amide bonds. The van der Waals surface area contributed by atoms with Crippen LogP contribution in [-0.2, 0) is 9.59 Å². The van der Waals surface area contributed by atoms with Crippen LogP contribution in [0.4, 0.5) is 5.69 Å². The van der Waals surface area contributed by atoms with E-state index >= 15 is 0 Å². The standard InChI is InChI=1S/C18H23NO3/c1-10-4-3-5-11(2)16(10)19-17(20)14-12-6-8-13(9-7-12)15(14)18(21)22/h3-5,12-15H,6-9H2,1-2H3,(H,19,20)(H,21,22)/t12?,13?,14-,15-/m0/s1. The van der Waals surface area contributed by atoms with Crippen molar-refractivity contribution >= 4 is 17.6 Å². The van der Waals surface area contributed by atoms with Crippen LogP contribution in [0.15, 0.2) is 18.2 Å². The van der Waals surface area contributed by atoms with Crippen LogP contribution in [0, 0.1) is 37.5 Å². The molecule has 2 atom stereocenters. The molecule has 3 saturated carbocycles. The lowest BCUT2D eigenvalue weighted by Crippen LogP contribution is -2.49. The molecule has 1 aromatic carbocycles. The van der Waals surface area contributed by atoms with Crippen molar-refractivity contribution in [3.8, 4) is 0 Å². The van der Waals surface area contributed by atoms with Gasteiger partial charge in [0.25, 0.3) is 0 Å². The summed E-state index contributed by atoms with van der Waals surface area (Å²) in [5.74, 6) is -1.44. The number of amides is 1. The molecule has 3 aliphatic carbocycles. The number of anilines is 1. The first-order valence-electron chi connectivity index (χ1n) is 8.09. The number of carbonyl (C=O) groups excluding carboxylic acids is 1. The van der Waals surface area contributed by atoms with Crippen molar-refractivity contribution in [2.75, 3.05) is 5.32 Å². The Hall–Kier alpha value is -1.84. The Bertz CT molecular complexity index is 582. The minimum absolute atomic E-state index is 0.112. The van der Waals surface area contributed by atoms with Gasteiger partial charge < -0.3 is 10.4 Å². The molecule has 118 valence electrons. The van der Waals surface area contributed by atoms with Gasteiger partial charge in [-0.3, -0.25) is 9.59 Å². The maximum absolute atomic E-state index is 12.8. The summed E-state index contributed by atoms with van der Waals surface area (Å²) < 4.78 is 0. The number of nitrogens with one attached hydrogen (secondary N) is 1. The van der Waals surface area contributed by atoms with Crippen LogP contribution in [0.25, 0.3) is 0 Å². The third-order valence-electron chi connectivity index (χ3n) is 5.54. The van der Waals surface area contributed by atoms with Crippen LogP contribution in [0.5, 0.6) is 0 Å². The van der Waals surface area contributed by atoms with Crippen molar-refractivity contribution in [3.63, 3.8) is 0 Å². The van der Waals surface area contributed by atoms with Gasteiger partial charge in [0.2, 0.25) is 5.91 Å². The lowest BCUT2D eigenvalue weighted by Gasteiger charge is -2.45. The fourth-order valence-corrected chi connectivity index (χ4v) is 4.40. The number of aryl methyl sites for hydroxylation is 2. The zero-order chi connectivity index (χ0) is 15.9. The number of carboxylic acids is 1. The van der Waals surface area contributed by atoms with Gasteiger partial charge in [-0.25, -0.2) is 0 Å². The smallest absolute Gasteiger partial charge is 0.307 e. The van der Waals surface area contributed by atoms with Crippen LogP contribution >= 0.6 is 0 Å². The van der Waals surface area contributed by atoms with Gasteiger partial charge in [-0.1, -0.05) is 18.2 Å². The minimum atomic E-state index is -0.809. The highest BCUT2D eigenvalue weighted by atomic mass is 16.4. The molecule has 0 aliphatic heterocycles. The summed E-state index contributed by atoms with van der Waals surface area (Å²) in [5, 5.41) is 12.6. The van der Waals surface area contributed by atoms with E-state index in [9.17, 15) is 14.7 Å². The van der Waals surface area contributed by atoms with Gasteiger partial charge in [0.15, 0.2) is 0 Å². The second kappa shape index (κ2) is 5.75. The minimum Gasteiger partial charge on any atom is -0.481 e. The molecule has 4 heteroatoms. The van der Waals surface area contributed by atoms with Crippen LogP contribution in [0.1, 0.15) is 36.8 Å². The lowest BCUT2D eigenvalue weighted by molar-refractivity contribution is -0.156. The number of hydrogen-bond donors (Lipinski definition) is 2. The van der Waals surface area contributed by atoms with E-state index < -0.39 is 11.9 Å². The zero-order valence-corrected chi connectivity index (χ0v) is 13.1. The molecule has 4 nitrogen and oxygen atoms in total. The Morgan fingerprint density at radius 1 is 1.00 bits per heavy atom. The molecular weight excluding hydrogens is 278 g/mol. The van der Waals surface area contributed by atoms with E-state index in [4.69, 9.17) is 0 Å². The summed E-state index contributed by atoms with van der Waals surface area (Å²) in [6.07, 6.45) is 3.88. The first-order chi connectivity index (χ1) is 10.5. The average molecular weight is 301 g/mol.